The van der Waals surface area contributed by atoms with Crippen LogP contribution in [0.4, 0.5) is 5.69 Å². The molecule has 0 amide bonds. The summed E-state index contributed by atoms with van der Waals surface area (Å²) in [5.41, 5.74) is 7.14. The predicted molar refractivity (Wildman–Crippen MR) is 52.7 cm³/mol. The molecule has 14 heavy (non-hydrogen) atoms. The molecule has 0 aliphatic rings. The zero-order valence-electron chi connectivity index (χ0n) is 7.97. The van der Waals surface area contributed by atoms with E-state index in [2.05, 4.69) is 10.2 Å². The lowest BCUT2D eigenvalue weighted by molar-refractivity contribution is 0.127. The van der Waals surface area contributed by atoms with Crippen LogP contribution in [0.15, 0.2) is 18.3 Å². The van der Waals surface area contributed by atoms with Gasteiger partial charge in [-0.2, -0.15) is 0 Å². The first kappa shape index (κ1) is 8.96. The highest BCUT2D eigenvalue weighted by molar-refractivity contribution is 5.46. The van der Waals surface area contributed by atoms with Crippen LogP contribution in [-0.2, 0) is 11.3 Å². The third kappa shape index (κ3) is 1.54. The average molecular weight is 192 g/mol. The summed E-state index contributed by atoms with van der Waals surface area (Å²) in [4.78, 5) is 0. The van der Waals surface area contributed by atoms with Crippen LogP contribution >= 0.6 is 0 Å². The highest BCUT2D eigenvalue weighted by Gasteiger charge is 2.04. The fourth-order valence-electron chi connectivity index (χ4n) is 1.25. The normalized spacial score (nSPS) is 10.9. The molecule has 0 aromatic carbocycles. The van der Waals surface area contributed by atoms with Gasteiger partial charge in [0.25, 0.3) is 0 Å². The molecule has 2 aromatic rings. The molecule has 0 fully saturated rings. The van der Waals surface area contributed by atoms with E-state index in [0.29, 0.717) is 18.9 Å². The smallest absolute Gasteiger partial charge is 0.163 e. The minimum Gasteiger partial charge on any atom is -0.398 e. The molecular formula is C9H12N4O. The molecule has 0 saturated carbocycles. The van der Waals surface area contributed by atoms with Gasteiger partial charge in [-0.15, -0.1) is 10.2 Å². The zero-order chi connectivity index (χ0) is 9.97. The van der Waals surface area contributed by atoms with Gasteiger partial charge in [0.1, 0.15) is 6.61 Å². The lowest BCUT2D eigenvalue weighted by Crippen LogP contribution is -1.99. The Bertz CT molecular complexity index is 437. The summed E-state index contributed by atoms with van der Waals surface area (Å²) in [6.45, 7) is 3.07. The standard InChI is InChI=1S/C9H12N4O/c1-2-14-6-9-12-11-8-4-3-7(10)5-13(8)9/h3-5H,2,6,10H2,1H3. The number of fused-ring (bicyclic) bond motifs is 1. The van der Waals surface area contributed by atoms with Crippen molar-refractivity contribution < 1.29 is 4.74 Å². The number of anilines is 1. The van der Waals surface area contributed by atoms with E-state index >= 15 is 0 Å². The quantitative estimate of drug-likeness (QED) is 0.782. The van der Waals surface area contributed by atoms with Gasteiger partial charge in [0.15, 0.2) is 11.5 Å². The van der Waals surface area contributed by atoms with Crippen molar-refractivity contribution in [1.29, 1.82) is 0 Å². The Morgan fingerprint density at radius 3 is 3.07 bits per heavy atom. The van der Waals surface area contributed by atoms with Crippen molar-refractivity contribution in [2.75, 3.05) is 12.3 Å². The van der Waals surface area contributed by atoms with Gasteiger partial charge in [-0.25, -0.2) is 0 Å². The second-order valence-electron chi connectivity index (χ2n) is 2.94. The fraction of sp³-hybridized carbons (Fsp3) is 0.333. The van der Waals surface area contributed by atoms with Crippen molar-refractivity contribution in [1.82, 2.24) is 14.6 Å². The molecule has 0 spiro atoms. The molecule has 2 N–H and O–H groups in total. The van der Waals surface area contributed by atoms with Crippen LogP contribution in [0.1, 0.15) is 12.7 Å². The number of nitrogen functional groups attached to an aromatic ring is 1. The Hall–Kier alpha value is -1.62. The molecular weight excluding hydrogens is 180 g/mol. The van der Waals surface area contributed by atoms with Gasteiger partial charge < -0.3 is 10.5 Å². The van der Waals surface area contributed by atoms with Crippen LogP contribution < -0.4 is 5.73 Å². The molecule has 0 aliphatic heterocycles. The molecule has 0 atom stereocenters. The number of aromatic nitrogens is 3. The van der Waals surface area contributed by atoms with Gasteiger partial charge in [0, 0.05) is 18.5 Å². The fourth-order valence-corrected chi connectivity index (χ4v) is 1.25. The topological polar surface area (TPSA) is 65.4 Å². The van der Waals surface area contributed by atoms with Gasteiger partial charge in [0.05, 0.1) is 0 Å². The second-order valence-corrected chi connectivity index (χ2v) is 2.94. The first-order valence-electron chi connectivity index (χ1n) is 4.48. The Balaban J connectivity index is 2.40. The molecule has 5 nitrogen and oxygen atoms in total. The van der Waals surface area contributed by atoms with Crippen LogP contribution in [-0.4, -0.2) is 21.2 Å². The van der Waals surface area contributed by atoms with Crippen molar-refractivity contribution in [3.63, 3.8) is 0 Å². The lowest BCUT2D eigenvalue weighted by atomic mass is 10.4. The number of hydrogen-bond acceptors (Lipinski definition) is 4. The van der Waals surface area contributed by atoms with E-state index in [1.54, 1.807) is 12.3 Å². The summed E-state index contributed by atoms with van der Waals surface area (Å²) in [5.74, 6) is 0.772. The molecule has 0 saturated heterocycles. The molecule has 5 heteroatoms. The van der Waals surface area contributed by atoms with Gasteiger partial charge in [-0.05, 0) is 19.1 Å². The maximum atomic E-state index is 5.66. The summed E-state index contributed by atoms with van der Waals surface area (Å²) < 4.78 is 7.10. The third-order valence-corrected chi connectivity index (χ3v) is 1.93. The largest absolute Gasteiger partial charge is 0.398 e. The van der Waals surface area contributed by atoms with Crippen molar-refractivity contribution in [2.24, 2.45) is 0 Å². The van der Waals surface area contributed by atoms with E-state index < -0.39 is 0 Å². The Labute approximate surface area is 81.5 Å². The SMILES string of the molecule is CCOCc1nnc2ccc(N)cn12. The minimum atomic E-state index is 0.459. The Kier molecular flexibility index (Phi) is 2.32. The molecule has 74 valence electrons. The lowest BCUT2D eigenvalue weighted by Gasteiger charge is -2.00. The molecule has 0 unspecified atom stereocenters. The van der Waals surface area contributed by atoms with Crippen molar-refractivity contribution in [2.45, 2.75) is 13.5 Å². The third-order valence-electron chi connectivity index (χ3n) is 1.93. The van der Waals surface area contributed by atoms with Gasteiger partial charge >= 0.3 is 0 Å². The van der Waals surface area contributed by atoms with Gasteiger partial charge in [0.2, 0.25) is 0 Å². The summed E-state index contributed by atoms with van der Waals surface area (Å²) in [5, 5.41) is 8.00. The first-order valence-corrected chi connectivity index (χ1v) is 4.48. The number of ether oxygens (including phenoxy) is 1. The second kappa shape index (κ2) is 3.63. The summed E-state index contributed by atoms with van der Waals surface area (Å²) >= 11 is 0. The predicted octanol–water partition coefficient (Wildman–Crippen LogP) is 0.848. The molecule has 2 heterocycles. The number of hydrogen-bond donors (Lipinski definition) is 1. The maximum absolute atomic E-state index is 5.66. The van der Waals surface area contributed by atoms with Gasteiger partial charge in [-0.3, -0.25) is 4.40 Å². The Morgan fingerprint density at radius 2 is 2.29 bits per heavy atom. The Morgan fingerprint density at radius 1 is 1.43 bits per heavy atom. The van der Waals surface area contributed by atoms with Crippen LogP contribution in [0.25, 0.3) is 5.65 Å². The number of pyridine rings is 1. The molecule has 2 aromatic heterocycles. The van der Waals surface area contributed by atoms with E-state index in [0.717, 1.165) is 11.5 Å². The van der Waals surface area contributed by atoms with Crippen LogP contribution in [0.5, 0.6) is 0 Å². The summed E-state index contributed by atoms with van der Waals surface area (Å²) in [6.07, 6.45) is 1.80. The van der Waals surface area contributed by atoms with E-state index in [1.165, 1.54) is 0 Å². The molecule has 0 aliphatic carbocycles. The maximum Gasteiger partial charge on any atom is 0.163 e. The minimum absolute atomic E-state index is 0.459. The zero-order valence-corrected chi connectivity index (χ0v) is 7.97. The average Bonchev–Trinajstić information content (AvgIpc) is 2.57. The summed E-state index contributed by atoms with van der Waals surface area (Å²) in [7, 11) is 0. The molecule has 0 bridgehead atoms. The van der Waals surface area contributed by atoms with Crippen molar-refractivity contribution in [3.8, 4) is 0 Å². The van der Waals surface area contributed by atoms with Crippen LogP contribution in [0.3, 0.4) is 0 Å². The van der Waals surface area contributed by atoms with E-state index in [-0.39, 0.29) is 0 Å². The van der Waals surface area contributed by atoms with Crippen LogP contribution in [0.2, 0.25) is 0 Å². The monoisotopic (exact) mass is 192 g/mol. The van der Waals surface area contributed by atoms with E-state index in [9.17, 15) is 0 Å². The van der Waals surface area contributed by atoms with Crippen LogP contribution in [0, 0.1) is 0 Å². The number of rotatable bonds is 3. The van der Waals surface area contributed by atoms with Gasteiger partial charge in [-0.1, -0.05) is 0 Å². The highest BCUT2D eigenvalue weighted by Crippen LogP contribution is 2.08. The first-order chi connectivity index (χ1) is 6.81. The van der Waals surface area contributed by atoms with Crippen molar-refractivity contribution >= 4 is 11.3 Å². The number of nitrogens with zero attached hydrogens (tertiary/aromatic N) is 3. The highest BCUT2D eigenvalue weighted by atomic mass is 16.5. The summed E-state index contributed by atoms with van der Waals surface area (Å²) in [6, 6.07) is 3.63. The van der Waals surface area contributed by atoms with E-state index in [1.807, 2.05) is 17.4 Å². The molecule has 2 rings (SSSR count). The van der Waals surface area contributed by atoms with E-state index in [4.69, 9.17) is 10.5 Å². The number of nitrogens with two attached hydrogens (primary N) is 1. The van der Waals surface area contributed by atoms with Crippen molar-refractivity contribution in [3.05, 3.63) is 24.2 Å². The molecule has 0 radical (unpaired) electrons.